The van der Waals surface area contributed by atoms with Gasteiger partial charge in [-0.3, -0.25) is 9.69 Å². The van der Waals surface area contributed by atoms with E-state index < -0.39 is 0 Å². The Kier molecular flexibility index (Phi) is 5.92. The predicted octanol–water partition coefficient (Wildman–Crippen LogP) is 3.01. The van der Waals surface area contributed by atoms with E-state index in [-0.39, 0.29) is 0 Å². The van der Waals surface area contributed by atoms with Crippen LogP contribution in [0.2, 0.25) is 0 Å². The second-order valence-corrected chi connectivity index (χ2v) is 4.80. The number of carbonyl (C=O) groups is 1. The minimum Gasteiger partial charge on any atom is -0.300 e. The van der Waals surface area contributed by atoms with Crippen LogP contribution in [-0.2, 0) is 4.79 Å². The molecule has 0 saturated carbocycles. The first-order valence-corrected chi connectivity index (χ1v) is 6.47. The monoisotopic (exact) mass is 211 g/mol. The van der Waals surface area contributed by atoms with E-state index in [1.807, 2.05) is 0 Å². The van der Waals surface area contributed by atoms with Crippen molar-refractivity contribution in [3.8, 4) is 0 Å². The maximum atomic E-state index is 11.1. The number of hydrogen-bond acceptors (Lipinski definition) is 2. The standard InChI is InChI=1S/C13H25NO/c1-3-4-5-6-9-14-10-7-8-13(14)11-12(2)15/h13H,3-11H2,1-2H3. The first kappa shape index (κ1) is 12.7. The van der Waals surface area contributed by atoms with Gasteiger partial charge in [-0.2, -0.15) is 0 Å². The number of rotatable bonds is 7. The highest BCUT2D eigenvalue weighted by atomic mass is 16.1. The van der Waals surface area contributed by atoms with Gasteiger partial charge in [-0.1, -0.05) is 26.2 Å². The lowest BCUT2D eigenvalue weighted by molar-refractivity contribution is -0.118. The highest BCUT2D eigenvalue weighted by Gasteiger charge is 2.24. The van der Waals surface area contributed by atoms with Crippen LogP contribution in [0.15, 0.2) is 0 Å². The fraction of sp³-hybridized carbons (Fsp3) is 0.923. The zero-order valence-electron chi connectivity index (χ0n) is 10.3. The highest BCUT2D eigenvalue weighted by Crippen LogP contribution is 2.20. The second kappa shape index (κ2) is 7.00. The van der Waals surface area contributed by atoms with Gasteiger partial charge in [-0.15, -0.1) is 0 Å². The Morgan fingerprint density at radius 2 is 2.13 bits per heavy atom. The quantitative estimate of drug-likeness (QED) is 0.603. The molecular weight excluding hydrogens is 186 g/mol. The Balaban J connectivity index is 2.18. The second-order valence-electron chi connectivity index (χ2n) is 4.80. The summed E-state index contributed by atoms with van der Waals surface area (Å²) in [7, 11) is 0. The molecule has 0 aliphatic carbocycles. The number of unbranched alkanes of at least 4 members (excludes halogenated alkanes) is 3. The molecule has 1 saturated heterocycles. The molecule has 0 aromatic heterocycles. The molecule has 0 aromatic carbocycles. The van der Waals surface area contributed by atoms with Crippen molar-refractivity contribution >= 4 is 5.78 Å². The minimum absolute atomic E-state index is 0.348. The molecule has 15 heavy (non-hydrogen) atoms. The molecule has 88 valence electrons. The molecule has 0 bridgehead atoms. The Labute approximate surface area is 94.0 Å². The van der Waals surface area contributed by atoms with E-state index in [9.17, 15) is 4.79 Å². The average Bonchev–Trinajstić information content (AvgIpc) is 2.59. The van der Waals surface area contributed by atoms with Gasteiger partial charge < -0.3 is 0 Å². The van der Waals surface area contributed by atoms with E-state index in [1.165, 1.54) is 51.6 Å². The van der Waals surface area contributed by atoms with E-state index in [0.717, 1.165) is 6.42 Å². The lowest BCUT2D eigenvalue weighted by atomic mass is 10.1. The van der Waals surface area contributed by atoms with Crippen LogP contribution < -0.4 is 0 Å². The Morgan fingerprint density at radius 3 is 2.80 bits per heavy atom. The molecule has 1 unspecified atom stereocenters. The molecule has 1 aliphatic rings. The largest absolute Gasteiger partial charge is 0.300 e. The molecular formula is C13H25NO. The Hall–Kier alpha value is -0.370. The third-order valence-corrected chi connectivity index (χ3v) is 3.32. The Morgan fingerprint density at radius 1 is 1.33 bits per heavy atom. The summed E-state index contributed by atoms with van der Waals surface area (Å²) in [6.45, 7) is 6.38. The van der Waals surface area contributed by atoms with Crippen molar-refractivity contribution in [3.63, 3.8) is 0 Å². The van der Waals surface area contributed by atoms with Gasteiger partial charge in [-0.25, -0.2) is 0 Å². The molecule has 2 heteroatoms. The van der Waals surface area contributed by atoms with Crippen molar-refractivity contribution in [1.82, 2.24) is 4.90 Å². The van der Waals surface area contributed by atoms with Crippen LogP contribution in [-0.4, -0.2) is 29.8 Å². The smallest absolute Gasteiger partial charge is 0.131 e. The zero-order valence-corrected chi connectivity index (χ0v) is 10.3. The number of carbonyl (C=O) groups excluding carboxylic acids is 1. The van der Waals surface area contributed by atoms with Gasteiger partial charge in [0.05, 0.1) is 0 Å². The number of Topliss-reactive ketones (excluding diaryl/α,β-unsaturated/α-hetero) is 1. The topological polar surface area (TPSA) is 20.3 Å². The maximum absolute atomic E-state index is 11.1. The van der Waals surface area contributed by atoms with Gasteiger partial charge in [0, 0.05) is 12.5 Å². The zero-order chi connectivity index (χ0) is 11.1. The van der Waals surface area contributed by atoms with Crippen molar-refractivity contribution in [1.29, 1.82) is 0 Å². The molecule has 0 radical (unpaired) electrons. The summed E-state index contributed by atoms with van der Waals surface area (Å²) in [5, 5.41) is 0. The van der Waals surface area contributed by atoms with Crippen molar-refractivity contribution < 1.29 is 4.79 Å². The summed E-state index contributed by atoms with van der Waals surface area (Å²) in [5.41, 5.74) is 0. The van der Waals surface area contributed by atoms with Crippen molar-refractivity contribution in [2.45, 2.75) is 64.8 Å². The molecule has 0 amide bonds. The van der Waals surface area contributed by atoms with Gasteiger partial charge in [0.15, 0.2) is 0 Å². The van der Waals surface area contributed by atoms with Crippen LogP contribution in [0.5, 0.6) is 0 Å². The summed E-state index contributed by atoms with van der Waals surface area (Å²) in [6.07, 6.45) is 8.59. The fourth-order valence-corrected chi connectivity index (χ4v) is 2.49. The lowest BCUT2D eigenvalue weighted by Crippen LogP contribution is -2.31. The summed E-state index contributed by atoms with van der Waals surface area (Å²) < 4.78 is 0. The third-order valence-electron chi connectivity index (χ3n) is 3.32. The van der Waals surface area contributed by atoms with E-state index in [0.29, 0.717) is 11.8 Å². The summed E-state index contributed by atoms with van der Waals surface area (Å²) in [5.74, 6) is 0.348. The molecule has 1 rings (SSSR count). The number of likely N-dealkylation sites (tertiary alicyclic amines) is 1. The molecule has 1 fully saturated rings. The molecule has 1 atom stereocenters. The number of hydrogen-bond donors (Lipinski definition) is 0. The van der Waals surface area contributed by atoms with Gasteiger partial charge >= 0.3 is 0 Å². The first-order valence-electron chi connectivity index (χ1n) is 6.47. The fourth-order valence-electron chi connectivity index (χ4n) is 2.49. The summed E-state index contributed by atoms with van der Waals surface area (Å²) >= 11 is 0. The van der Waals surface area contributed by atoms with Gasteiger partial charge in [0.25, 0.3) is 0 Å². The SMILES string of the molecule is CCCCCCN1CCCC1CC(C)=O. The van der Waals surface area contributed by atoms with E-state index in [2.05, 4.69) is 11.8 Å². The van der Waals surface area contributed by atoms with Gasteiger partial charge in [0.1, 0.15) is 5.78 Å². The number of ketones is 1. The maximum Gasteiger partial charge on any atom is 0.131 e. The molecule has 0 N–H and O–H groups in total. The van der Waals surface area contributed by atoms with Gasteiger partial charge in [-0.05, 0) is 39.3 Å². The molecule has 1 aliphatic heterocycles. The first-order chi connectivity index (χ1) is 7.24. The Bertz CT molecular complexity index is 191. The van der Waals surface area contributed by atoms with Crippen LogP contribution in [0.1, 0.15) is 58.8 Å². The van der Waals surface area contributed by atoms with Crippen LogP contribution in [0.3, 0.4) is 0 Å². The van der Waals surface area contributed by atoms with E-state index in [4.69, 9.17) is 0 Å². The normalized spacial score (nSPS) is 22.1. The molecule has 1 heterocycles. The van der Waals surface area contributed by atoms with Crippen LogP contribution >= 0.6 is 0 Å². The van der Waals surface area contributed by atoms with Gasteiger partial charge in [0.2, 0.25) is 0 Å². The highest BCUT2D eigenvalue weighted by molar-refractivity contribution is 5.76. The lowest BCUT2D eigenvalue weighted by Gasteiger charge is -2.23. The molecule has 2 nitrogen and oxygen atoms in total. The van der Waals surface area contributed by atoms with Crippen LogP contribution in [0, 0.1) is 0 Å². The molecule has 0 aromatic rings. The van der Waals surface area contributed by atoms with Crippen LogP contribution in [0.25, 0.3) is 0 Å². The summed E-state index contributed by atoms with van der Waals surface area (Å²) in [4.78, 5) is 13.6. The van der Waals surface area contributed by atoms with Crippen LogP contribution in [0.4, 0.5) is 0 Å². The van der Waals surface area contributed by atoms with Crippen molar-refractivity contribution in [2.24, 2.45) is 0 Å². The number of nitrogens with zero attached hydrogens (tertiary/aromatic N) is 1. The average molecular weight is 211 g/mol. The minimum atomic E-state index is 0.348. The van der Waals surface area contributed by atoms with Crippen molar-refractivity contribution in [2.75, 3.05) is 13.1 Å². The van der Waals surface area contributed by atoms with E-state index in [1.54, 1.807) is 6.92 Å². The van der Waals surface area contributed by atoms with E-state index >= 15 is 0 Å². The molecule has 0 spiro atoms. The predicted molar refractivity (Wildman–Crippen MR) is 64.0 cm³/mol. The third kappa shape index (κ3) is 4.78. The van der Waals surface area contributed by atoms with Crippen molar-refractivity contribution in [3.05, 3.63) is 0 Å². The summed E-state index contributed by atoms with van der Waals surface area (Å²) in [6, 6.07) is 0.559.